The van der Waals surface area contributed by atoms with Gasteiger partial charge in [-0.1, -0.05) is 12.1 Å². The average molecular weight is 238 g/mol. The van der Waals surface area contributed by atoms with E-state index in [4.69, 9.17) is 15.2 Å². The highest BCUT2D eigenvalue weighted by Crippen LogP contribution is 2.12. The number of nitrogens with two attached hydrogens (primary N) is 1. The van der Waals surface area contributed by atoms with Gasteiger partial charge < -0.3 is 20.1 Å². The number of ether oxygens (including phenoxy) is 2. The lowest BCUT2D eigenvalue weighted by Gasteiger charge is -2.10. The van der Waals surface area contributed by atoms with E-state index in [-0.39, 0.29) is 0 Å². The Bertz CT molecular complexity index is 316. The minimum absolute atomic E-state index is 0.538. The molecule has 4 heteroatoms. The van der Waals surface area contributed by atoms with E-state index in [1.54, 1.807) is 0 Å². The van der Waals surface area contributed by atoms with Crippen molar-refractivity contribution in [3.8, 4) is 5.75 Å². The molecule has 0 amide bonds. The van der Waals surface area contributed by atoms with Crippen LogP contribution in [-0.2, 0) is 11.3 Å². The second-order valence-electron chi connectivity index (χ2n) is 4.12. The second-order valence-corrected chi connectivity index (χ2v) is 4.12. The first kappa shape index (κ1) is 14.0. The largest absolute Gasteiger partial charge is 0.491 e. The van der Waals surface area contributed by atoms with Crippen LogP contribution in [0.2, 0.25) is 0 Å². The third-order valence-electron chi connectivity index (χ3n) is 2.31. The second kappa shape index (κ2) is 8.06. The zero-order valence-electron chi connectivity index (χ0n) is 10.7. The van der Waals surface area contributed by atoms with Gasteiger partial charge in [-0.3, -0.25) is 0 Å². The molecule has 0 spiro atoms. The van der Waals surface area contributed by atoms with Crippen molar-refractivity contribution in [1.29, 1.82) is 0 Å². The highest BCUT2D eigenvalue weighted by atomic mass is 16.5. The zero-order valence-corrected chi connectivity index (χ0v) is 10.7. The maximum absolute atomic E-state index is 5.56. The zero-order chi connectivity index (χ0) is 12.5. The predicted molar refractivity (Wildman–Crippen MR) is 69.2 cm³/mol. The van der Waals surface area contributed by atoms with Gasteiger partial charge in [0.2, 0.25) is 0 Å². The van der Waals surface area contributed by atoms with Crippen LogP contribution in [0.3, 0.4) is 0 Å². The number of likely N-dealkylation sites (N-methyl/N-ethyl adjacent to an activating group) is 1. The SMILES string of the molecule is CN(C)CCOCCOc1cccc(CN)c1. The van der Waals surface area contributed by atoms with Gasteiger partial charge >= 0.3 is 0 Å². The average Bonchev–Trinajstić information content (AvgIpc) is 2.33. The molecule has 0 aliphatic heterocycles. The van der Waals surface area contributed by atoms with Crippen molar-refractivity contribution in [2.45, 2.75) is 6.54 Å². The maximum atomic E-state index is 5.56. The molecule has 0 atom stereocenters. The first-order valence-electron chi connectivity index (χ1n) is 5.86. The van der Waals surface area contributed by atoms with Gasteiger partial charge in [-0.15, -0.1) is 0 Å². The Morgan fingerprint density at radius 1 is 1.18 bits per heavy atom. The molecule has 1 aromatic carbocycles. The summed E-state index contributed by atoms with van der Waals surface area (Å²) in [6, 6.07) is 7.82. The summed E-state index contributed by atoms with van der Waals surface area (Å²) in [5.41, 5.74) is 6.64. The van der Waals surface area contributed by atoms with Crippen molar-refractivity contribution >= 4 is 0 Å². The first-order chi connectivity index (χ1) is 8.22. The molecule has 0 aromatic heterocycles. The van der Waals surface area contributed by atoms with Crippen LogP contribution in [0.15, 0.2) is 24.3 Å². The Morgan fingerprint density at radius 3 is 2.71 bits per heavy atom. The van der Waals surface area contributed by atoms with E-state index < -0.39 is 0 Å². The molecule has 0 saturated heterocycles. The fraction of sp³-hybridized carbons (Fsp3) is 0.538. The van der Waals surface area contributed by atoms with E-state index in [0.717, 1.165) is 24.5 Å². The van der Waals surface area contributed by atoms with E-state index >= 15 is 0 Å². The summed E-state index contributed by atoms with van der Waals surface area (Å²) in [5, 5.41) is 0. The topological polar surface area (TPSA) is 47.7 Å². The number of rotatable bonds is 8. The van der Waals surface area contributed by atoms with Crippen molar-refractivity contribution in [2.75, 3.05) is 40.5 Å². The fourth-order valence-corrected chi connectivity index (χ4v) is 1.33. The summed E-state index contributed by atoms with van der Waals surface area (Å²) in [4.78, 5) is 2.09. The van der Waals surface area contributed by atoms with Crippen LogP contribution in [0.4, 0.5) is 0 Å². The Morgan fingerprint density at radius 2 is 2.00 bits per heavy atom. The van der Waals surface area contributed by atoms with Gasteiger partial charge in [-0.05, 0) is 31.8 Å². The van der Waals surface area contributed by atoms with E-state index in [9.17, 15) is 0 Å². The molecule has 17 heavy (non-hydrogen) atoms. The van der Waals surface area contributed by atoms with E-state index in [0.29, 0.717) is 19.8 Å². The van der Waals surface area contributed by atoms with Crippen molar-refractivity contribution in [3.05, 3.63) is 29.8 Å². The summed E-state index contributed by atoms with van der Waals surface area (Å²) in [5.74, 6) is 0.851. The van der Waals surface area contributed by atoms with Crippen molar-refractivity contribution in [2.24, 2.45) is 5.73 Å². The Labute approximate surface area is 103 Å². The highest BCUT2D eigenvalue weighted by molar-refractivity contribution is 5.28. The molecule has 1 rings (SSSR count). The van der Waals surface area contributed by atoms with Gasteiger partial charge in [0.15, 0.2) is 0 Å². The fourth-order valence-electron chi connectivity index (χ4n) is 1.33. The van der Waals surface area contributed by atoms with E-state index in [1.807, 2.05) is 38.4 Å². The molecule has 0 radical (unpaired) electrons. The molecule has 4 nitrogen and oxygen atoms in total. The predicted octanol–water partition coefficient (Wildman–Crippen LogP) is 1.10. The Balaban J connectivity index is 2.13. The van der Waals surface area contributed by atoms with Gasteiger partial charge in [0.1, 0.15) is 12.4 Å². The number of benzene rings is 1. The van der Waals surface area contributed by atoms with Crippen molar-refractivity contribution in [3.63, 3.8) is 0 Å². The van der Waals surface area contributed by atoms with Gasteiger partial charge in [0.25, 0.3) is 0 Å². The lowest BCUT2D eigenvalue weighted by molar-refractivity contribution is 0.0890. The van der Waals surface area contributed by atoms with Crippen LogP contribution in [0.5, 0.6) is 5.75 Å². The maximum Gasteiger partial charge on any atom is 0.119 e. The van der Waals surface area contributed by atoms with Gasteiger partial charge in [-0.25, -0.2) is 0 Å². The number of nitrogens with zero attached hydrogens (tertiary/aromatic N) is 1. The quantitative estimate of drug-likeness (QED) is 0.689. The van der Waals surface area contributed by atoms with Crippen molar-refractivity contribution < 1.29 is 9.47 Å². The van der Waals surface area contributed by atoms with Gasteiger partial charge in [-0.2, -0.15) is 0 Å². The van der Waals surface area contributed by atoms with Gasteiger partial charge in [0.05, 0.1) is 13.2 Å². The van der Waals surface area contributed by atoms with Crippen LogP contribution in [-0.4, -0.2) is 45.4 Å². The van der Waals surface area contributed by atoms with Crippen molar-refractivity contribution in [1.82, 2.24) is 4.90 Å². The summed E-state index contributed by atoms with van der Waals surface area (Å²) >= 11 is 0. The third-order valence-corrected chi connectivity index (χ3v) is 2.31. The molecule has 96 valence electrons. The number of hydrogen-bond acceptors (Lipinski definition) is 4. The standard InChI is InChI=1S/C13H22N2O2/c1-15(2)6-7-16-8-9-17-13-5-3-4-12(10-13)11-14/h3-5,10H,6-9,11,14H2,1-2H3. The minimum atomic E-state index is 0.538. The minimum Gasteiger partial charge on any atom is -0.491 e. The molecule has 0 unspecified atom stereocenters. The van der Waals surface area contributed by atoms with Crippen LogP contribution in [0.1, 0.15) is 5.56 Å². The van der Waals surface area contributed by atoms with E-state index in [2.05, 4.69) is 4.90 Å². The summed E-state index contributed by atoms with van der Waals surface area (Å²) < 4.78 is 11.0. The normalized spacial score (nSPS) is 10.8. The van der Waals surface area contributed by atoms with Crippen LogP contribution < -0.4 is 10.5 Å². The summed E-state index contributed by atoms with van der Waals surface area (Å²) in [6.45, 7) is 3.39. The van der Waals surface area contributed by atoms with Crippen LogP contribution >= 0.6 is 0 Å². The van der Waals surface area contributed by atoms with Gasteiger partial charge in [0, 0.05) is 13.1 Å². The summed E-state index contributed by atoms with van der Waals surface area (Å²) in [6.07, 6.45) is 0. The lowest BCUT2D eigenvalue weighted by atomic mass is 10.2. The molecule has 1 aromatic rings. The summed E-state index contributed by atoms with van der Waals surface area (Å²) in [7, 11) is 4.05. The molecule has 0 saturated carbocycles. The third kappa shape index (κ3) is 6.26. The molecule has 0 heterocycles. The van der Waals surface area contributed by atoms with Crippen LogP contribution in [0.25, 0.3) is 0 Å². The first-order valence-corrected chi connectivity index (χ1v) is 5.86. The molecular formula is C13H22N2O2. The molecule has 2 N–H and O–H groups in total. The van der Waals surface area contributed by atoms with Crippen LogP contribution in [0, 0.1) is 0 Å². The number of hydrogen-bond donors (Lipinski definition) is 1. The monoisotopic (exact) mass is 238 g/mol. The highest BCUT2D eigenvalue weighted by Gasteiger charge is 1.96. The molecule has 0 aliphatic rings. The molecule has 0 aliphatic carbocycles. The molecule has 0 bridgehead atoms. The molecule has 0 fully saturated rings. The Kier molecular flexibility index (Phi) is 6.62. The smallest absolute Gasteiger partial charge is 0.119 e. The van der Waals surface area contributed by atoms with E-state index in [1.165, 1.54) is 0 Å². The Hall–Kier alpha value is -1.10. The lowest BCUT2D eigenvalue weighted by Crippen LogP contribution is -2.19. The molecular weight excluding hydrogens is 216 g/mol.